The molecule has 0 aliphatic carbocycles. The van der Waals surface area contributed by atoms with E-state index >= 15 is 0 Å². The Morgan fingerprint density at radius 2 is 2.20 bits per heavy atom. The molecule has 0 saturated carbocycles. The Balaban J connectivity index is 1.70. The third-order valence-electron chi connectivity index (χ3n) is 3.13. The molecule has 0 atom stereocenters. The van der Waals surface area contributed by atoms with Crippen LogP contribution >= 0.6 is 0 Å². The Kier molecular flexibility index (Phi) is 5.31. The van der Waals surface area contributed by atoms with Crippen LogP contribution in [-0.4, -0.2) is 31.8 Å². The van der Waals surface area contributed by atoms with Crippen molar-refractivity contribution in [2.45, 2.75) is 25.4 Å². The van der Waals surface area contributed by atoms with Crippen LogP contribution in [0.15, 0.2) is 18.2 Å². The molecule has 110 valence electrons. The second-order valence-corrected chi connectivity index (χ2v) is 4.72. The summed E-state index contributed by atoms with van der Waals surface area (Å²) >= 11 is 0. The van der Waals surface area contributed by atoms with Crippen LogP contribution in [0.25, 0.3) is 0 Å². The number of carbonyl (C=O) groups excluding carboxylic acids is 1. The van der Waals surface area contributed by atoms with Gasteiger partial charge >= 0.3 is 0 Å². The van der Waals surface area contributed by atoms with E-state index in [9.17, 15) is 9.18 Å². The van der Waals surface area contributed by atoms with Crippen molar-refractivity contribution >= 4 is 17.3 Å². The van der Waals surface area contributed by atoms with Crippen LogP contribution in [0.2, 0.25) is 0 Å². The highest BCUT2D eigenvalue weighted by molar-refractivity contribution is 5.91. The highest BCUT2D eigenvalue weighted by atomic mass is 19.1. The largest absolute Gasteiger partial charge is 0.396 e. The van der Waals surface area contributed by atoms with Crippen LogP contribution in [0, 0.1) is 5.82 Å². The molecular formula is C14H19FN2O3. The number of benzene rings is 1. The Morgan fingerprint density at radius 3 is 2.90 bits per heavy atom. The quantitative estimate of drug-likeness (QED) is 0.809. The summed E-state index contributed by atoms with van der Waals surface area (Å²) in [6, 6.07) is 4.10. The Bertz CT molecular complexity index is 462. The maximum atomic E-state index is 13.0. The summed E-state index contributed by atoms with van der Waals surface area (Å²) < 4.78 is 23.8. The molecule has 0 radical (unpaired) electrons. The molecule has 0 aromatic heterocycles. The number of carbonyl (C=O) groups is 1. The molecule has 2 rings (SSSR count). The number of ether oxygens (including phenoxy) is 2. The van der Waals surface area contributed by atoms with Crippen molar-refractivity contribution in [3.63, 3.8) is 0 Å². The SMILES string of the molecule is Nc1cc(NC(=O)CCOC2CCOCC2)ccc1F. The zero-order valence-electron chi connectivity index (χ0n) is 11.2. The lowest BCUT2D eigenvalue weighted by Crippen LogP contribution is -2.25. The molecule has 1 aromatic carbocycles. The van der Waals surface area contributed by atoms with Crippen LogP contribution in [-0.2, 0) is 14.3 Å². The monoisotopic (exact) mass is 282 g/mol. The predicted octanol–water partition coefficient (Wildman–Crippen LogP) is 1.93. The number of halogens is 1. The van der Waals surface area contributed by atoms with Crippen molar-refractivity contribution in [1.82, 2.24) is 0 Å². The summed E-state index contributed by atoms with van der Waals surface area (Å²) in [6.45, 7) is 1.80. The number of nitrogens with one attached hydrogen (secondary N) is 1. The fourth-order valence-electron chi connectivity index (χ4n) is 2.01. The van der Waals surface area contributed by atoms with Crippen molar-refractivity contribution in [3.05, 3.63) is 24.0 Å². The average Bonchev–Trinajstić information content (AvgIpc) is 2.44. The van der Waals surface area contributed by atoms with Crippen molar-refractivity contribution < 1.29 is 18.7 Å². The third kappa shape index (κ3) is 4.47. The summed E-state index contributed by atoms with van der Waals surface area (Å²) in [5.41, 5.74) is 5.93. The first kappa shape index (κ1) is 14.7. The van der Waals surface area contributed by atoms with Crippen molar-refractivity contribution in [2.24, 2.45) is 0 Å². The molecule has 0 unspecified atom stereocenters. The molecule has 3 N–H and O–H groups in total. The normalized spacial score (nSPS) is 16.1. The lowest BCUT2D eigenvalue weighted by molar-refractivity contribution is -0.118. The number of nitrogens with two attached hydrogens (primary N) is 1. The second-order valence-electron chi connectivity index (χ2n) is 4.72. The van der Waals surface area contributed by atoms with Gasteiger partial charge in [0.05, 0.1) is 24.8 Å². The minimum absolute atomic E-state index is 0.0151. The topological polar surface area (TPSA) is 73.6 Å². The fourth-order valence-corrected chi connectivity index (χ4v) is 2.01. The van der Waals surface area contributed by atoms with Gasteiger partial charge in [-0.2, -0.15) is 0 Å². The molecule has 1 amide bonds. The molecule has 1 aliphatic heterocycles. The third-order valence-corrected chi connectivity index (χ3v) is 3.13. The molecule has 0 bridgehead atoms. The summed E-state index contributed by atoms with van der Waals surface area (Å²) in [5.74, 6) is -0.672. The van der Waals surface area contributed by atoms with E-state index in [-0.39, 0.29) is 24.1 Å². The van der Waals surface area contributed by atoms with Gasteiger partial charge < -0.3 is 20.5 Å². The van der Waals surface area contributed by atoms with E-state index in [0.717, 1.165) is 12.8 Å². The van der Waals surface area contributed by atoms with Crippen molar-refractivity contribution in [1.29, 1.82) is 0 Å². The summed E-state index contributed by atoms with van der Waals surface area (Å²) in [5, 5.41) is 2.66. The first-order valence-electron chi connectivity index (χ1n) is 6.69. The zero-order valence-corrected chi connectivity index (χ0v) is 11.2. The second kappa shape index (κ2) is 7.21. The number of hydrogen-bond donors (Lipinski definition) is 2. The highest BCUT2D eigenvalue weighted by Gasteiger charge is 2.14. The summed E-state index contributed by atoms with van der Waals surface area (Å²) in [4.78, 5) is 11.7. The summed E-state index contributed by atoms with van der Waals surface area (Å²) in [6.07, 6.45) is 2.18. The lowest BCUT2D eigenvalue weighted by Gasteiger charge is -2.22. The number of hydrogen-bond acceptors (Lipinski definition) is 4. The van der Waals surface area contributed by atoms with Gasteiger partial charge in [-0.05, 0) is 31.0 Å². The number of nitrogen functional groups attached to an aromatic ring is 1. The molecule has 20 heavy (non-hydrogen) atoms. The first-order valence-corrected chi connectivity index (χ1v) is 6.69. The minimum atomic E-state index is -0.495. The highest BCUT2D eigenvalue weighted by Crippen LogP contribution is 2.16. The molecule has 1 aromatic rings. The molecule has 5 nitrogen and oxygen atoms in total. The van der Waals surface area contributed by atoms with Crippen LogP contribution in [0.5, 0.6) is 0 Å². The smallest absolute Gasteiger partial charge is 0.226 e. The van der Waals surface area contributed by atoms with E-state index in [1.165, 1.54) is 18.2 Å². The Hall–Kier alpha value is -1.66. The van der Waals surface area contributed by atoms with Gasteiger partial charge in [-0.15, -0.1) is 0 Å². The fraction of sp³-hybridized carbons (Fsp3) is 0.500. The maximum Gasteiger partial charge on any atom is 0.226 e. The van der Waals surface area contributed by atoms with Crippen LogP contribution in [0.4, 0.5) is 15.8 Å². The van der Waals surface area contributed by atoms with Crippen LogP contribution in [0.3, 0.4) is 0 Å². The lowest BCUT2D eigenvalue weighted by atomic mass is 10.1. The van der Waals surface area contributed by atoms with E-state index in [2.05, 4.69) is 5.32 Å². The van der Waals surface area contributed by atoms with Gasteiger partial charge in [-0.25, -0.2) is 4.39 Å². The average molecular weight is 282 g/mol. The van der Waals surface area contributed by atoms with Gasteiger partial charge in [0.1, 0.15) is 5.82 Å². The van der Waals surface area contributed by atoms with Gasteiger partial charge in [0, 0.05) is 18.9 Å². The maximum absolute atomic E-state index is 13.0. The van der Waals surface area contributed by atoms with E-state index in [1.54, 1.807) is 0 Å². The molecule has 1 saturated heterocycles. The van der Waals surface area contributed by atoms with Crippen molar-refractivity contribution in [3.8, 4) is 0 Å². The molecule has 6 heteroatoms. The van der Waals surface area contributed by atoms with E-state index in [1.807, 2.05) is 0 Å². The van der Waals surface area contributed by atoms with Gasteiger partial charge in [0.15, 0.2) is 0 Å². The Labute approximate surface area is 117 Å². The van der Waals surface area contributed by atoms with Crippen molar-refractivity contribution in [2.75, 3.05) is 30.9 Å². The predicted molar refractivity (Wildman–Crippen MR) is 73.9 cm³/mol. The van der Waals surface area contributed by atoms with Gasteiger partial charge in [0.25, 0.3) is 0 Å². The van der Waals surface area contributed by atoms with E-state index in [0.29, 0.717) is 25.5 Å². The van der Waals surface area contributed by atoms with Crippen LogP contribution in [0.1, 0.15) is 19.3 Å². The van der Waals surface area contributed by atoms with E-state index < -0.39 is 5.82 Å². The molecule has 0 spiro atoms. The standard InChI is InChI=1S/C14H19FN2O3/c15-12-2-1-10(9-13(12)16)17-14(18)5-8-20-11-3-6-19-7-4-11/h1-2,9,11H,3-8,16H2,(H,17,18). The zero-order chi connectivity index (χ0) is 14.4. The number of anilines is 2. The minimum Gasteiger partial charge on any atom is -0.396 e. The molecule has 1 fully saturated rings. The Morgan fingerprint density at radius 1 is 1.45 bits per heavy atom. The van der Waals surface area contributed by atoms with Gasteiger partial charge in [-0.3, -0.25) is 4.79 Å². The number of amides is 1. The molecule has 1 heterocycles. The summed E-state index contributed by atoms with van der Waals surface area (Å²) in [7, 11) is 0. The van der Waals surface area contributed by atoms with E-state index in [4.69, 9.17) is 15.2 Å². The molecule has 1 aliphatic rings. The van der Waals surface area contributed by atoms with Crippen LogP contribution < -0.4 is 11.1 Å². The number of rotatable bonds is 5. The van der Waals surface area contributed by atoms with Gasteiger partial charge in [-0.1, -0.05) is 0 Å². The van der Waals surface area contributed by atoms with Gasteiger partial charge in [0.2, 0.25) is 5.91 Å². The molecular weight excluding hydrogens is 263 g/mol. The first-order chi connectivity index (χ1) is 9.65.